The van der Waals surface area contributed by atoms with Gasteiger partial charge in [-0.3, -0.25) is 4.79 Å². The summed E-state index contributed by atoms with van der Waals surface area (Å²) >= 11 is 0. The first-order chi connectivity index (χ1) is 8.06. The zero-order chi connectivity index (χ0) is 12.4. The molecule has 0 amide bonds. The molecule has 1 aromatic heterocycles. The van der Waals surface area contributed by atoms with Gasteiger partial charge >= 0.3 is 5.97 Å². The number of likely N-dealkylation sites (N-methyl/N-ethyl adjacent to an activating group) is 1. The first-order valence-corrected chi connectivity index (χ1v) is 5.98. The fourth-order valence-corrected chi connectivity index (χ4v) is 2.16. The van der Waals surface area contributed by atoms with Gasteiger partial charge in [-0.1, -0.05) is 0 Å². The zero-order valence-electron chi connectivity index (χ0n) is 10.4. The smallest absolute Gasteiger partial charge is 0.307 e. The van der Waals surface area contributed by atoms with Crippen molar-refractivity contribution in [1.82, 2.24) is 14.5 Å². The highest BCUT2D eigenvalue weighted by molar-refractivity contribution is 5.70. The van der Waals surface area contributed by atoms with Crippen LogP contribution >= 0.6 is 0 Å². The van der Waals surface area contributed by atoms with Crippen molar-refractivity contribution in [1.29, 1.82) is 0 Å². The van der Waals surface area contributed by atoms with E-state index in [1.165, 1.54) is 0 Å². The van der Waals surface area contributed by atoms with Crippen molar-refractivity contribution in [3.8, 4) is 0 Å². The molecule has 1 N–H and O–H groups in total. The lowest BCUT2D eigenvalue weighted by Gasteiger charge is -2.19. The number of fused-ring (bicyclic) bond motifs is 1. The molecule has 0 saturated carbocycles. The van der Waals surface area contributed by atoms with Gasteiger partial charge in [0, 0.05) is 32.1 Å². The minimum absolute atomic E-state index is 0.258. The molecule has 1 unspecified atom stereocenters. The first kappa shape index (κ1) is 12.1. The Bertz CT molecular complexity index is 412. The van der Waals surface area contributed by atoms with Crippen LogP contribution < -0.4 is 0 Å². The second-order valence-electron chi connectivity index (χ2n) is 4.92. The Morgan fingerprint density at radius 1 is 1.65 bits per heavy atom. The van der Waals surface area contributed by atoms with E-state index < -0.39 is 5.97 Å². The molecule has 1 aliphatic heterocycles. The number of hydrogen-bond donors (Lipinski definition) is 1. The highest BCUT2D eigenvalue weighted by atomic mass is 16.4. The van der Waals surface area contributed by atoms with Crippen molar-refractivity contribution in [3.63, 3.8) is 0 Å². The van der Waals surface area contributed by atoms with Gasteiger partial charge in [0.05, 0.1) is 11.6 Å². The van der Waals surface area contributed by atoms with Crippen LogP contribution in [0.15, 0.2) is 6.20 Å². The van der Waals surface area contributed by atoms with Gasteiger partial charge in [0.2, 0.25) is 0 Å². The van der Waals surface area contributed by atoms with E-state index in [4.69, 9.17) is 5.11 Å². The maximum Gasteiger partial charge on any atom is 0.307 e. The van der Waals surface area contributed by atoms with E-state index in [2.05, 4.69) is 20.6 Å². The number of carboxylic acids is 1. The number of hydrogen-bond acceptors (Lipinski definition) is 3. The standard InChI is InChI=1S/C12H19N3O2/c1-14(2)5-4-10-8-15-6-3-9(12(16)17)7-11(15)13-10/h8-9H,3-7H2,1-2H3,(H,16,17). The van der Waals surface area contributed by atoms with E-state index in [1.807, 2.05) is 14.1 Å². The van der Waals surface area contributed by atoms with Crippen molar-refractivity contribution in [2.75, 3.05) is 20.6 Å². The molecule has 0 aromatic carbocycles. The Labute approximate surface area is 101 Å². The SMILES string of the molecule is CN(C)CCc1cn2c(n1)CC(C(=O)O)CC2. The molecule has 0 saturated heterocycles. The third-order valence-corrected chi connectivity index (χ3v) is 3.22. The molecule has 2 heterocycles. The van der Waals surface area contributed by atoms with Crippen LogP contribution in [-0.2, 0) is 24.2 Å². The molecule has 1 aliphatic rings. The number of aliphatic carboxylic acids is 1. The second kappa shape index (κ2) is 4.87. The van der Waals surface area contributed by atoms with Crippen molar-refractivity contribution in [3.05, 3.63) is 17.7 Å². The summed E-state index contributed by atoms with van der Waals surface area (Å²) in [5, 5.41) is 9.00. The third kappa shape index (κ3) is 2.85. The Hall–Kier alpha value is -1.36. The van der Waals surface area contributed by atoms with Crippen LogP contribution in [0.25, 0.3) is 0 Å². The van der Waals surface area contributed by atoms with Crippen LogP contribution in [0.2, 0.25) is 0 Å². The summed E-state index contributed by atoms with van der Waals surface area (Å²) in [5.74, 6) is -0.0295. The number of carbonyl (C=O) groups is 1. The number of aryl methyl sites for hydroxylation is 1. The van der Waals surface area contributed by atoms with E-state index in [1.54, 1.807) is 0 Å². The number of imidazole rings is 1. The van der Waals surface area contributed by atoms with Gasteiger partial charge in [0.25, 0.3) is 0 Å². The maximum absolute atomic E-state index is 10.9. The lowest BCUT2D eigenvalue weighted by atomic mass is 9.98. The monoisotopic (exact) mass is 237 g/mol. The van der Waals surface area contributed by atoms with Crippen molar-refractivity contribution < 1.29 is 9.90 Å². The van der Waals surface area contributed by atoms with E-state index in [9.17, 15) is 4.79 Å². The van der Waals surface area contributed by atoms with E-state index in [-0.39, 0.29) is 5.92 Å². The molecular weight excluding hydrogens is 218 g/mol. The molecule has 1 aromatic rings. The quantitative estimate of drug-likeness (QED) is 0.834. The summed E-state index contributed by atoms with van der Waals surface area (Å²) in [7, 11) is 4.08. The van der Waals surface area contributed by atoms with Crippen LogP contribution in [0.3, 0.4) is 0 Å². The van der Waals surface area contributed by atoms with Crippen LogP contribution in [0.1, 0.15) is 17.9 Å². The van der Waals surface area contributed by atoms with Crippen molar-refractivity contribution in [2.45, 2.75) is 25.8 Å². The summed E-state index contributed by atoms with van der Waals surface area (Å²) in [6.45, 7) is 1.75. The van der Waals surface area contributed by atoms with Gasteiger partial charge in [-0.05, 0) is 20.5 Å². The van der Waals surface area contributed by atoms with Gasteiger partial charge in [0.1, 0.15) is 5.82 Å². The molecule has 5 nitrogen and oxygen atoms in total. The molecule has 17 heavy (non-hydrogen) atoms. The Kier molecular flexibility index (Phi) is 3.47. The van der Waals surface area contributed by atoms with E-state index in [0.717, 1.165) is 31.0 Å². The molecule has 0 aliphatic carbocycles. The first-order valence-electron chi connectivity index (χ1n) is 5.98. The van der Waals surface area contributed by atoms with Gasteiger partial charge in [0.15, 0.2) is 0 Å². The van der Waals surface area contributed by atoms with Crippen LogP contribution in [0, 0.1) is 5.92 Å². The molecule has 94 valence electrons. The topological polar surface area (TPSA) is 58.4 Å². The Morgan fingerprint density at radius 2 is 2.41 bits per heavy atom. The van der Waals surface area contributed by atoms with Gasteiger partial charge in [-0.2, -0.15) is 0 Å². The highest BCUT2D eigenvalue weighted by Crippen LogP contribution is 2.20. The summed E-state index contributed by atoms with van der Waals surface area (Å²) in [5.41, 5.74) is 1.07. The van der Waals surface area contributed by atoms with Gasteiger partial charge in [-0.15, -0.1) is 0 Å². The third-order valence-electron chi connectivity index (χ3n) is 3.22. The number of rotatable bonds is 4. The van der Waals surface area contributed by atoms with Crippen molar-refractivity contribution in [2.24, 2.45) is 5.92 Å². The predicted octanol–water partition coefficient (Wildman–Crippen LogP) is 0.634. The predicted molar refractivity (Wildman–Crippen MR) is 63.9 cm³/mol. The fourth-order valence-electron chi connectivity index (χ4n) is 2.16. The molecule has 5 heteroatoms. The average molecular weight is 237 g/mol. The molecular formula is C12H19N3O2. The number of carboxylic acid groups (broad SMARTS) is 1. The summed E-state index contributed by atoms with van der Waals surface area (Å²) < 4.78 is 2.10. The molecule has 0 radical (unpaired) electrons. The van der Waals surface area contributed by atoms with Crippen LogP contribution in [-0.4, -0.2) is 46.2 Å². The van der Waals surface area contributed by atoms with Gasteiger partial charge in [-0.25, -0.2) is 4.98 Å². The lowest BCUT2D eigenvalue weighted by Crippen LogP contribution is -2.25. The fraction of sp³-hybridized carbons (Fsp3) is 0.667. The summed E-state index contributed by atoms with van der Waals surface area (Å²) in [6, 6.07) is 0. The Morgan fingerprint density at radius 3 is 3.06 bits per heavy atom. The van der Waals surface area contributed by atoms with E-state index in [0.29, 0.717) is 12.8 Å². The molecule has 1 atom stereocenters. The van der Waals surface area contributed by atoms with Gasteiger partial charge < -0.3 is 14.6 Å². The Balaban J connectivity index is 2.04. The van der Waals surface area contributed by atoms with Crippen LogP contribution in [0.5, 0.6) is 0 Å². The minimum atomic E-state index is -0.700. The maximum atomic E-state index is 10.9. The zero-order valence-corrected chi connectivity index (χ0v) is 10.4. The number of aromatic nitrogens is 2. The van der Waals surface area contributed by atoms with E-state index >= 15 is 0 Å². The van der Waals surface area contributed by atoms with Crippen LogP contribution in [0.4, 0.5) is 0 Å². The lowest BCUT2D eigenvalue weighted by molar-refractivity contribution is -0.142. The highest BCUT2D eigenvalue weighted by Gasteiger charge is 2.25. The van der Waals surface area contributed by atoms with Crippen molar-refractivity contribution >= 4 is 5.97 Å². The molecule has 2 rings (SSSR count). The normalized spacial score (nSPS) is 19.4. The summed E-state index contributed by atoms with van der Waals surface area (Å²) in [6.07, 6.45) is 4.27. The molecule has 0 fully saturated rings. The average Bonchev–Trinajstić information content (AvgIpc) is 2.67. The second-order valence-corrected chi connectivity index (χ2v) is 4.92. The molecule has 0 bridgehead atoms. The minimum Gasteiger partial charge on any atom is -0.481 e. The number of nitrogens with zero attached hydrogens (tertiary/aromatic N) is 3. The summed E-state index contributed by atoms with van der Waals surface area (Å²) in [4.78, 5) is 17.6. The molecule has 0 spiro atoms. The largest absolute Gasteiger partial charge is 0.481 e.